The van der Waals surface area contributed by atoms with E-state index in [1.165, 1.54) is 11.1 Å². The van der Waals surface area contributed by atoms with Gasteiger partial charge in [0.05, 0.1) is 0 Å². The highest BCUT2D eigenvalue weighted by molar-refractivity contribution is 5.79. The number of aliphatic imine (C=N–C) groups is 1. The SMILES string of the molecule is CCCC(CCO)CN=C(NCC)NCCc1ccc(C)cc1. The third-order valence-corrected chi connectivity index (χ3v) is 3.91. The first kappa shape index (κ1) is 19.5. The quantitative estimate of drug-likeness (QED) is 0.459. The van der Waals surface area contributed by atoms with Crippen molar-refractivity contribution < 1.29 is 5.11 Å². The number of benzene rings is 1. The zero-order valence-electron chi connectivity index (χ0n) is 14.9. The Morgan fingerprint density at radius 1 is 1.13 bits per heavy atom. The predicted octanol–water partition coefficient (Wildman–Crippen LogP) is 2.89. The Bertz CT molecular complexity index is 436. The van der Waals surface area contributed by atoms with Crippen molar-refractivity contribution in [2.24, 2.45) is 10.9 Å². The van der Waals surface area contributed by atoms with E-state index in [4.69, 9.17) is 5.11 Å². The molecule has 4 nitrogen and oxygen atoms in total. The van der Waals surface area contributed by atoms with Crippen LogP contribution in [0.1, 0.15) is 44.2 Å². The molecule has 0 amide bonds. The summed E-state index contributed by atoms with van der Waals surface area (Å²) in [5.41, 5.74) is 2.63. The van der Waals surface area contributed by atoms with Gasteiger partial charge in [0.15, 0.2) is 5.96 Å². The van der Waals surface area contributed by atoms with Crippen LogP contribution in [-0.4, -0.2) is 37.3 Å². The van der Waals surface area contributed by atoms with Crippen molar-refractivity contribution in [2.75, 3.05) is 26.2 Å². The Morgan fingerprint density at radius 3 is 2.48 bits per heavy atom. The summed E-state index contributed by atoms with van der Waals surface area (Å²) in [6.45, 7) is 9.11. The highest BCUT2D eigenvalue weighted by Crippen LogP contribution is 2.11. The molecule has 0 heterocycles. The molecule has 23 heavy (non-hydrogen) atoms. The van der Waals surface area contributed by atoms with Gasteiger partial charge in [-0.1, -0.05) is 43.2 Å². The van der Waals surface area contributed by atoms with Gasteiger partial charge in [-0.15, -0.1) is 0 Å². The van der Waals surface area contributed by atoms with Gasteiger partial charge in [0.1, 0.15) is 0 Å². The van der Waals surface area contributed by atoms with Gasteiger partial charge in [-0.2, -0.15) is 0 Å². The zero-order valence-corrected chi connectivity index (χ0v) is 14.9. The van der Waals surface area contributed by atoms with Crippen LogP contribution in [0.4, 0.5) is 0 Å². The summed E-state index contributed by atoms with van der Waals surface area (Å²) in [5.74, 6) is 1.34. The number of nitrogens with zero attached hydrogens (tertiary/aromatic N) is 1. The maximum absolute atomic E-state index is 9.14. The molecule has 0 saturated carbocycles. The van der Waals surface area contributed by atoms with Gasteiger partial charge < -0.3 is 15.7 Å². The standard InChI is InChI=1S/C19H33N3O/c1-4-6-18(12-14-23)15-22-19(20-5-2)21-13-11-17-9-7-16(3)8-10-17/h7-10,18,23H,4-6,11-15H2,1-3H3,(H2,20,21,22). The number of hydrogen-bond acceptors (Lipinski definition) is 2. The van der Waals surface area contributed by atoms with Crippen molar-refractivity contribution in [1.29, 1.82) is 0 Å². The first-order chi connectivity index (χ1) is 11.2. The van der Waals surface area contributed by atoms with E-state index in [9.17, 15) is 0 Å². The minimum Gasteiger partial charge on any atom is -0.396 e. The van der Waals surface area contributed by atoms with E-state index >= 15 is 0 Å². The number of guanidine groups is 1. The van der Waals surface area contributed by atoms with Crippen LogP contribution in [-0.2, 0) is 6.42 Å². The lowest BCUT2D eigenvalue weighted by atomic mass is 10.0. The van der Waals surface area contributed by atoms with Crippen LogP contribution in [0.5, 0.6) is 0 Å². The summed E-state index contributed by atoms with van der Waals surface area (Å²) in [5, 5.41) is 15.8. The summed E-state index contributed by atoms with van der Waals surface area (Å²) in [6.07, 6.45) is 4.07. The third kappa shape index (κ3) is 8.60. The Balaban J connectivity index is 2.46. The number of nitrogens with one attached hydrogen (secondary N) is 2. The van der Waals surface area contributed by atoms with Crippen molar-refractivity contribution >= 4 is 5.96 Å². The Kier molecular flexibility index (Phi) is 10.1. The largest absolute Gasteiger partial charge is 0.396 e. The summed E-state index contributed by atoms with van der Waals surface area (Å²) in [4.78, 5) is 4.68. The summed E-state index contributed by atoms with van der Waals surface area (Å²) < 4.78 is 0. The molecule has 1 atom stereocenters. The molecule has 0 saturated heterocycles. The molecule has 1 aromatic carbocycles. The molecule has 0 radical (unpaired) electrons. The number of aryl methyl sites for hydroxylation is 1. The van der Waals surface area contributed by atoms with Crippen LogP contribution < -0.4 is 10.6 Å². The first-order valence-corrected chi connectivity index (χ1v) is 8.88. The lowest BCUT2D eigenvalue weighted by Crippen LogP contribution is -2.38. The van der Waals surface area contributed by atoms with E-state index in [-0.39, 0.29) is 6.61 Å². The Hall–Kier alpha value is -1.55. The number of aliphatic hydroxyl groups excluding tert-OH is 1. The first-order valence-electron chi connectivity index (χ1n) is 8.88. The van der Waals surface area contributed by atoms with Crippen molar-refractivity contribution in [3.63, 3.8) is 0 Å². The predicted molar refractivity (Wildman–Crippen MR) is 99.0 cm³/mol. The minimum absolute atomic E-state index is 0.248. The van der Waals surface area contributed by atoms with Crippen LogP contribution >= 0.6 is 0 Å². The number of rotatable bonds is 10. The van der Waals surface area contributed by atoms with E-state index in [1.807, 2.05) is 0 Å². The van der Waals surface area contributed by atoms with E-state index < -0.39 is 0 Å². The second-order valence-corrected chi connectivity index (χ2v) is 6.05. The molecule has 0 bridgehead atoms. The molecule has 3 N–H and O–H groups in total. The van der Waals surface area contributed by atoms with Gasteiger partial charge in [0.25, 0.3) is 0 Å². The lowest BCUT2D eigenvalue weighted by Gasteiger charge is -2.15. The fraction of sp³-hybridized carbons (Fsp3) is 0.632. The van der Waals surface area contributed by atoms with E-state index in [2.05, 4.69) is 60.7 Å². The molecule has 0 aliphatic heterocycles. The van der Waals surface area contributed by atoms with Crippen molar-refractivity contribution in [1.82, 2.24) is 10.6 Å². The topological polar surface area (TPSA) is 56.7 Å². The van der Waals surface area contributed by atoms with Gasteiger partial charge in [0.2, 0.25) is 0 Å². The van der Waals surface area contributed by atoms with Crippen LogP contribution in [0.15, 0.2) is 29.3 Å². The van der Waals surface area contributed by atoms with Crippen LogP contribution in [0.25, 0.3) is 0 Å². The maximum Gasteiger partial charge on any atom is 0.191 e. The zero-order chi connectivity index (χ0) is 16.9. The normalized spacial score (nSPS) is 13.0. The molecule has 0 aliphatic rings. The Morgan fingerprint density at radius 2 is 1.87 bits per heavy atom. The average Bonchev–Trinajstić information content (AvgIpc) is 2.54. The molecule has 1 aromatic rings. The second kappa shape index (κ2) is 11.9. The fourth-order valence-corrected chi connectivity index (χ4v) is 2.56. The molecule has 0 fully saturated rings. The highest BCUT2D eigenvalue weighted by atomic mass is 16.3. The summed E-state index contributed by atoms with van der Waals surface area (Å²) >= 11 is 0. The molecule has 1 rings (SSSR count). The van der Waals surface area contributed by atoms with E-state index in [0.717, 1.165) is 51.3 Å². The fourth-order valence-electron chi connectivity index (χ4n) is 2.56. The molecule has 1 unspecified atom stereocenters. The van der Waals surface area contributed by atoms with Crippen LogP contribution in [0.3, 0.4) is 0 Å². The van der Waals surface area contributed by atoms with Gasteiger partial charge in [-0.3, -0.25) is 4.99 Å². The second-order valence-electron chi connectivity index (χ2n) is 6.05. The Labute approximate surface area is 141 Å². The van der Waals surface area contributed by atoms with Gasteiger partial charge in [0, 0.05) is 26.2 Å². The van der Waals surface area contributed by atoms with Gasteiger partial charge in [-0.05, 0) is 44.6 Å². The molecule has 0 aromatic heterocycles. The molecular formula is C19H33N3O. The van der Waals surface area contributed by atoms with Crippen molar-refractivity contribution in [2.45, 2.75) is 46.5 Å². The van der Waals surface area contributed by atoms with Crippen molar-refractivity contribution in [3.05, 3.63) is 35.4 Å². The maximum atomic E-state index is 9.14. The van der Waals surface area contributed by atoms with E-state index in [1.54, 1.807) is 0 Å². The average molecular weight is 319 g/mol. The molecule has 0 spiro atoms. The number of hydrogen-bond donors (Lipinski definition) is 3. The summed E-state index contributed by atoms with van der Waals surface area (Å²) in [7, 11) is 0. The smallest absolute Gasteiger partial charge is 0.191 e. The monoisotopic (exact) mass is 319 g/mol. The highest BCUT2D eigenvalue weighted by Gasteiger charge is 2.07. The lowest BCUT2D eigenvalue weighted by molar-refractivity contribution is 0.253. The van der Waals surface area contributed by atoms with Gasteiger partial charge >= 0.3 is 0 Å². The molecule has 130 valence electrons. The number of aliphatic hydroxyl groups is 1. The van der Waals surface area contributed by atoms with E-state index in [0.29, 0.717) is 5.92 Å². The third-order valence-electron chi connectivity index (χ3n) is 3.91. The van der Waals surface area contributed by atoms with Crippen LogP contribution in [0.2, 0.25) is 0 Å². The van der Waals surface area contributed by atoms with Crippen molar-refractivity contribution in [3.8, 4) is 0 Å². The summed E-state index contributed by atoms with van der Waals surface area (Å²) in [6, 6.07) is 8.66. The minimum atomic E-state index is 0.248. The molecule has 4 heteroatoms. The van der Waals surface area contributed by atoms with Gasteiger partial charge in [-0.25, -0.2) is 0 Å². The molecular weight excluding hydrogens is 286 g/mol. The van der Waals surface area contributed by atoms with Crippen LogP contribution in [0, 0.1) is 12.8 Å². The molecule has 0 aliphatic carbocycles.